The quantitative estimate of drug-likeness (QED) is 0.0320. The van der Waals surface area contributed by atoms with Crippen LogP contribution < -0.4 is 5.32 Å². The summed E-state index contributed by atoms with van der Waals surface area (Å²) in [6.45, 7) is 4.88. The van der Waals surface area contributed by atoms with Crippen LogP contribution in [0.5, 0.6) is 0 Å². The van der Waals surface area contributed by atoms with Crippen molar-refractivity contribution in [2.75, 3.05) is 13.2 Å². The lowest BCUT2D eigenvalue weighted by Crippen LogP contribution is -2.45. The molecule has 0 aromatic rings. The molecule has 6 heteroatoms. The molecule has 0 aliphatic carbocycles. The van der Waals surface area contributed by atoms with Crippen molar-refractivity contribution >= 4 is 11.9 Å². The second-order valence-corrected chi connectivity index (χ2v) is 27.0. The van der Waals surface area contributed by atoms with Gasteiger partial charge in [0.25, 0.3) is 0 Å². The number of nitrogens with one attached hydrogen (secondary N) is 1. The third kappa shape index (κ3) is 72.8. The first kappa shape index (κ1) is 84.8. The van der Waals surface area contributed by atoms with Crippen molar-refractivity contribution in [3.63, 3.8) is 0 Å². The topological polar surface area (TPSA) is 95.9 Å². The van der Waals surface area contributed by atoms with Gasteiger partial charge in [0.15, 0.2) is 0 Å². The highest BCUT2D eigenvalue weighted by atomic mass is 16.5. The summed E-state index contributed by atoms with van der Waals surface area (Å²) in [5.41, 5.74) is 0. The first-order chi connectivity index (χ1) is 43.0. The van der Waals surface area contributed by atoms with Crippen LogP contribution in [0.15, 0.2) is 48.6 Å². The Bertz CT molecular complexity index is 1450. The van der Waals surface area contributed by atoms with E-state index in [1.165, 1.54) is 353 Å². The Kier molecular flexibility index (Phi) is 74.4. The summed E-state index contributed by atoms with van der Waals surface area (Å²) in [5.74, 6) is -0.0570. The number of amides is 1. The van der Waals surface area contributed by atoms with Gasteiger partial charge < -0.3 is 20.3 Å². The zero-order valence-electron chi connectivity index (χ0n) is 58.8. The molecule has 0 heterocycles. The predicted molar refractivity (Wildman–Crippen MR) is 384 cm³/mol. The van der Waals surface area contributed by atoms with Crippen LogP contribution in [0.25, 0.3) is 0 Å². The Labute approximate surface area is 544 Å². The number of aliphatic hydroxyl groups excluding tert-OH is 2. The molecule has 0 bridgehead atoms. The third-order valence-corrected chi connectivity index (χ3v) is 18.3. The van der Waals surface area contributed by atoms with E-state index in [2.05, 4.69) is 55.6 Å². The SMILES string of the molecule is CCC/C=C\C/C=C\CCCCCCCC(=O)OCCCCCCCCCCCCCC/C=C\CCCCCCCCCCCCCCCCCCCC(=O)NC(CO)C(O)/C=C/CCCCCCCCCCCCCCCCCCCCCCCC. The summed E-state index contributed by atoms with van der Waals surface area (Å²) < 4.78 is 5.48. The largest absolute Gasteiger partial charge is 0.466 e. The normalized spacial score (nSPS) is 12.7. The van der Waals surface area contributed by atoms with Crippen LogP contribution in [0.1, 0.15) is 431 Å². The predicted octanol–water partition coefficient (Wildman–Crippen LogP) is 26.0. The maximum absolute atomic E-state index is 12.6. The average Bonchev–Trinajstić information content (AvgIpc) is 3.54. The van der Waals surface area contributed by atoms with Crippen LogP contribution in [0, 0.1) is 0 Å². The van der Waals surface area contributed by atoms with E-state index in [0.717, 1.165) is 51.4 Å². The van der Waals surface area contributed by atoms with Gasteiger partial charge in [0.05, 0.1) is 25.4 Å². The second-order valence-electron chi connectivity index (χ2n) is 27.0. The highest BCUT2D eigenvalue weighted by Crippen LogP contribution is 2.19. The second kappa shape index (κ2) is 76.3. The van der Waals surface area contributed by atoms with E-state index in [0.29, 0.717) is 19.4 Å². The Morgan fingerprint density at radius 1 is 0.322 bits per heavy atom. The van der Waals surface area contributed by atoms with Gasteiger partial charge in [-0.15, -0.1) is 0 Å². The van der Waals surface area contributed by atoms with E-state index in [4.69, 9.17) is 4.74 Å². The molecule has 2 unspecified atom stereocenters. The first-order valence-electron chi connectivity index (χ1n) is 39.4. The van der Waals surface area contributed by atoms with E-state index in [-0.39, 0.29) is 18.5 Å². The summed E-state index contributed by atoms with van der Waals surface area (Å²) in [7, 11) is 0. The molecule has 0 saturated heterocycles. The molecule has 0 saturated carbocycles. The van der Waals surface area contributed by atoms with Crippen LogP contribution in [0.2, 0.25) is 0 Å². The standard InChI is InChI=1S/C81H153NO5/c1-3-5-7-9-11-13-15-17-18-19-20-21-22-34-37-40-43-46-50-53-57-61-65-69-73-79(84)78(77-83)82-80(85)74-70-66-62-58-54-51-47-44-41-38-35-32-30-28-26-24-23-25-27-29-31-33-36-39-42-45-48-52-56-60-64-68-72-76-87-81(86)75-71-67-63-59-55-49-16-14-12-10-8-6-4-2/h8,10,14,16,27,29,69,73,78-79,83-84H,3-7,9,11-13,15,17-26,28,30-68,70-72,74-77H2,1-2H3,(H,82,85)/b10-8-,16-14-,29-27-,73-69+. The Morgan fingerprint density at radius 3 is 0.931 bits per heavy atom. The molecule has 1 amide bonds. The van der Waals surface area contributed by atoms with E-state index in [1.807, 2.05) is 6.08 Å². The van der Waals surface area contributed by atoms with Crippen molar-refractivity contribution < 1.29 is 24.5 Å². The maximum atomic E-state index is 12.6. The fraction of sp³-hybridized carbons (Fsp3) is 0.877. The summed E-state index contributed by atoms with van der Waals surface area (Å²) in [6, 6.07) is -0.628. The molecule has 0 aromatic carbocycles. The molecule has 0 aliphatic rings. The zero-order chi connectivity index (χ0) is 62.8. The zero-order valence-corrected chi connectivity index (χ0v) is 58.8. The minimum atomic E-state index is -0.844. The van der Waals surface area contributed by atoms with E-state index in [9.17, 15) is 19.8 Å². The monoisotopic (exact) mass is 1220 g/mol. The molecule has 3 N–H and O–H groups in total. The molecule has 0 radical (unpaired) electrons. The van der Waals surface area contributed by atoms with Crippen molar-refractivity contribution in [2.24, 2.45) is 0 Å². The van der Waals surface area contributed by atoms with E-state index in [1.54, 1.807) is 6.08 Å². The molecule has 2 atom stereocenters. The smallest absolute Gasteiger partial charge is 0.305 e. The van der Waals surface area contributed by atoms with Crippen LogP contribution in [-0.4, -0.2) is 47.4 Å². The van der Waals surface area contributed by atoms with Gasteiger partial charge in [0, 0.05) is 12.8 Å². The van der Waals surface area contributed by atoms with Gasteiger partial charge >= 0.3 is 5.97 Å². The third-order valence-electron chi connectivity index (χ3n) is 18.3. The van der Waals surface area contributed by atoms with Gasteiger partial charge in [-0.2, -0.15) is 0 Å². The van der Waals surface area contributed by atoms with Crippen molar-refractivity contribution in [3.05, 3.63) is 48.6 Å². The van der Waals surface area contributed by atoms with Crippen molar-refractivity contribution in [1.82, 2.24) is 5.32 Å². The number of hydrogen-bond acceptors (Lipinski definition) is 5. The lowest BCUT2D eigenvalue weighted by atomic mass is 10.0. The van der Waals surface area contributed by atoms with Gasteiger partial charge in [-0.05, 0) is 83.5 Å². The molecule has 512 valence electrons. The molecule has 87 heavy (non-hydrogen) atoms. The Morgan fingerprint density at radius 2 is 0.598 bits per heavy atom. The summed E-state index contributed by atoms with van der Waals surface area (Å²) in [5, 5.41) is 23.3. The lowest BCUT2D eigenvalue weighted by molar-refractivity contribution is -0.143. The van der Waals surface area contributed by atoms with E-state index < -0.39 is 12.1 Å². The summed E-state index contributed by atoms with van der Waals surface area (Å²) in [6.07, 6.45) is 101. The minimum Gasteiger partial charge on any atom is -0.466 e. The molecule has 0 fully saturated rings. The van der Waals surface area contributed by atoms with Crippen LogP contribution in [0.3, 0.4) is 0 Å². The number of hydrogen-bond donors (Lipinski definition) is 3. The number of esters is 1. The maximum Gasteiger partial charge on any atom is 0.305 e. The van der Waals surface area contributed by atoms with Gasteiger partial charge in [-0.25, -0.2) is 0 Å². The minimum absolute atomic E-state index is 0.00336. The summed E-state index contributed by atoms with van der Waals surface area (Å²) >= 11 is 0. The number of ether oxygens (including phenoxy) is 1. The van der Waals surface area contributed by atoms with E-state index >= 15 is 0 Å². The molecule has 0 rings (SSSR count). The number of allylic oxidation sites excluding steroid dienone is 7. The average molecular weight is 1220 g/mol. The fourth-order valence-corrected chi connectivity index (χ4v) is 12.3. The highest BCUT2D eigenvalue weighted by Gasteiger charge is 2.18. The van der Waals surface area contributed by atoms with Crippen LogP contribution in [-0.2, 0) is 14.3 Å². The number of aliphatic hydroxyl groups is 2. The summed E-state index contributed by atoms with van der Waals surface area (Å²) in [4.78, 5) is 24.6. The lowest BCUT2D eigenvalue weighted by Gasteiger charge is -2.20. The van der Waals surface area contributed by atoms with Crippen molar-refractivity contribution in [3.8, 4) is 0 Å². The number of carbonyl (C=O) groups is 2. The van der Waals surface area contributed by atoms with Gasteiger partial charge in [-0.3, -0.25) is 9.59 Å². The Balaban J connectivity index is 3.38. The van der Waals surface area contributed by atoms with Crippen LogP contribution in [0.4, 0.5) is 0 Å². The van der Waals surface area contributed by atoms with Crippen LogP contribution >= 0.6 is 0 Å². The number of carbonyl (C=O) groups excluding carboxylic acids is 2. The van der Waals surface area contributed by atoms with Gasteiger partial charge in [0.2, 0.25) is 5.91 Å². The first-order valence-corrected chi connectivity index (χ1v) is 39.4. The molecular formula is C81H153NO5. The molecular weight excluding hydrogens is 1070 g/mol. The van der Waals surface area contributed by atoms with Crippen molar-refractivity contribution in [1.29, 1.82) is 0 Å². The van der Waals surface area contributed by atoms with Gasteiger partial charge in [-0.1, -0.05) is 383 Å². The molecule has 0 aromatic heterocycles. The van der Waals surface area contributed by atoms with Crippen molar-refractivity contribution in [2.45, 2.75) is 443 Å². The molecule has 0 spiro atoms. The highest BCUT2D eigenvalue weighted by molar-refractivity contribution is 5.76. The fourth-order valence-electron chi connectivity index (χ4n) is 12.3. The van der Waals surface area contributed by atoms with Gasteiger partial charge in [0.1, 0.15) is 0 Å². The molecule has 6 nitrogen and oxygen atoms in total. The Hall–Kier alpha value is -2.18. The molecule has 0 aliphatic heterocycles. The number of unbranched alkanes of at least 4 members (excludes halogenated alkanes) is 57. The number of rotatable bonds is 74.